The summed E-state index contributed by atoms with van der Waals surface area (Å²) in [6.07, 6.45) is 7.92. The van der Waals surface area contributed by atoms with Crippen molar-refractivity contribution in [2.75, 3.05) is 19.7 Å². The van der Waals surface area contributed by atoms with Gasteiger partial charge in [-0.2, -0.15) is 0 Å². The van der Waals surface area contributed by atoms with Crippen LogP contribution in [0.2, 0.25) is 0 Å². The first-order valence-corrected chi connectivity index (χ1v) is 6.97. The molecule has 1 aliphatic carbocycles. The van der Waals surface area contributed by atoms with Crippen molar-refractivity contribution < 1.29 is 9.90 Å². The highest BCUT2D eigenvalue weighted by atomic mass is 16.3. The zero-order chi connectivity index (χ0) is 12.1. The molecule has 1 aliphatic heterocycles. The summed E-state index contributed by atoms with van der Waals surface area (Å²) in [4.78, 5) is 14.0. The number of hydrogen-bond donors (Lipinski definition) is 2. The number of carbonyl (C=O) groups excluding carboxylic acids is 1. The Morgan fingerprint density at radius 1 is 1.12 bits per heavy atom. The molecule has 0 radical (unpaired) electrons. The first-order valence-electron chi connectivity index (χ1n) is 6.97. The molecule has 2 fully saturated rings. The van der Waals surface area contributed by atoms with Crippen LogP contribution in [0.15, 0.2) is 0 Å². The Bertz CT molecular complexity index is 250. The summed E-state index contributed by atoms with van der Waals surface area (Å²) in [6, 6.07) is 0.271. The van der Waals surface area contributed by atoms with Gasteiger partial charge in [-0.3, -0.25) is 0 Å². The highest BCUT2D eigenvalue weighted by molar-refractivity contribution is 5.74. The van der Waals surface area contributed by atoms with Crippen LogP contribution in [0.3, 0.4) is 0 Å². The van der Waals surface area contributed by atoms with Gasteiger partial charge in [-0.1, -0.05) is 19.3 Å². The van der Waals surface area contributed by atoms with Crippen LogP contribution in [0, 0.1) is 5.92 Å². The predicted octanol–water partition coefficient (Wildman–Crippen LogP) is 1.73. The molecule has 0 aromatic rings. The van der Waals surface area contributed by atoms with E-state index in [1.807, 2.05) is 4.90 Å². The van der Waals surface area contributed by atoms with E-state index in [1.54, 1.807) is 0 Å². The topological polar surface area (TPSA) is 52.6 Å². The molecule has 1 saturated carbocycles. The van der Waals surface area contributed by atoms with E-state index in [4.69, 9.17) is 0 Å². The lowest BCUT2D eigenvalue weighted by atomic mass is 10.1. The summed E-state index contributed by atoms with van der Waals surface area (Å²) < 4.78 is 0. The lowest BCUT2D eigenvalue weighted by molar-refractivity contribution is 0.178. The Morgan fingerprint density at radius 2 is 1.82 bits per heavy atom. The van der Waals surface area contributed by atoms with Gasteiger partial charge in [0.1, 0.15) is 0 Å². The molecular formula is C13H24N2O2. The zero-order valence-electron chi connectivity index (χ0n) is 10.5. The number of aliphatic hydroxyl groups is 1. The maximum Gasteiger partial charge on any atom is 0.317 e. The fraction of sp³-hybridized carbons (Fsp3) is 0.923. The van der Waals surface area contributed by atoms with Crippen LogP contribution in [0.25, 0.3) is 0 Å². The number of hydrogen-bond acceptors (Lipinski definition) is 2. The van der Waals surface area contributed by atoms with Crippen LogP contribution in [0.5, 0.6) is 0 Å². The van der Waals surface area contributed by atoms with Crippen LogP contribution in [0.1, 0.15) is 44.9 Å². The van der Waals surface area contributed by atoms with Gasteiger partial charge in [0.2, 0.25) is 0 Å². The highest BCUT2D eigenvalue weighted by Gasteiger charge is 2.29. The Kier molecular flexibility index (Phi) is 4.66. The minimum absolute atomic E-state index is 0.0808. The molecule has 0 spiro atoms. The third-order valence-corrected chi connectivity index (χ3v) is 4.10. The minimum Gasteiger partial charge on any atom is -0.396 e. The number of likely N-dealkylation sites (tertiary alicyclic amines) is 1. The maximum atomic E-state index is 12.1. The quantitative estimate of drug-likeness (QED) is 0.772. The lowest BCUT2D eigenvalue weighted by Gasteiger charge is -2.25. The smallest absolute Gasteiger partial charge is 0.317 e. The number of rotatable bonds is 2. The largest absolute Gasteiger partial charge is 0.396 e. The molecule has 2 rings (SSSR count). The molecule has 2 aliphatic rings. The van der Waals surface area contributed by atoms with E-state index in [-0.39, 0.29) is 24.6 Å². The van der Waals surface area contributed by atoms with E-state index < -0.39 is 0 Å². The number of urea groups is 1. The van der Waals surface area contributed by atoms with Crippen molar-refractivity contribution in [3.63, 3.8) is 0 Å². The van der Waals surface area contributed by atoms with Crippen LogP contribution in [-0.2, 0) is 0 Å². The molecule has 0 bridgehead atoms. The van der Waals surface area contributed by atoms with Gasteiger partial charge in [-0.25, -0.2) is 4.79 Å². The minimum atomic E-state index is 0.0808. The number of carbonyl (C=O) groups is 1. The van der Waals surface area contributed by atoms with Gasteiger partial charge in [0.15, 0.2) is 0 Å². The summed E-state index contributed by atoms with van der Waals surface area (Å²) in [5.41, 5.74) is 0. The van der Waals surface area contributed by atoms with Gasteiger partial charge >= 0.3 is 6.03 Å². The van der Waals surface area contributed by atoms with Crippen LogP contribution >= 0.6 is 0 Å². The molecule has 2 N–H and O–H groups in total. The molecule has 2 unspecified atom stereocenters. The second-order valence-corrected chi connectivity index (χ2v) is 5.33. The fourth-order valence-corrected chi connectivity index (χ4v) is 2.97. The molecule has 4 heteroatoms. The van der Waals surface area contributed by atoms with Crippen molar-refractivity contribution in [3.8, 4) is 0 Å². The van der Waals surface area contributed by atoms with Crippen LogP contribution in [0.4, 0.5) is 4.79 Å². The second-order valence-electron chi connectivity index (χ2n) is 5.33. The Labute approximate surface area is 103 Å². The van der Waals surface area contributed by atoms with Crippen molar-refractivity contribution in [3.05, 3.63) is 0 Å². The molecule has 1 heterocycles. The number of nitrogens with zero attached hydrogens (tertiary/aromatic N) is 1. The van der Waals surface area contributed by atoms with Crippen molar-refractivity contribution in [2.24, 2.45) is 5.92 Å². The number of nitrogens with one attached hydrogen (secondary N) is 1. The molecule has 2 atom stereocenters. The standard InChI is InChI=1S/C13H24N2O2/c16-10-11-6-5-7-12(11)14-13(17)15-8-3-1-2-4-9-15/h11-12,16H,1-10H2,(H,14,17). The number of aliphatic hydroxyl groups excluding tert-OH is 1. The number of amides is 2. The average molecular weight is 240 g/mol. The van der Waals surface area contributed by atoms with Crippen molar-refractivity contribution in [2.45, 2.75) is 51.0 Å². The third-order valence-electron chi connectivity index (χ3n) is 4.10. The Hall–Kier alpha value is -0.770. The van der Waals surface area contributed by atoms with Gasteiger partial charge in [-0.05, 0) is 25.7 Å². The summed E-state index contributed by atoms with van der Waals surface area (Å²) in [7, 11) is 0. The summed E-state index contributed by atoms with van der Waals surface area (Å²) >= 11 is 0. The van der Waals surface area contributed by atoms with Gasteiger partial charge in [-0.15, -0.1) is 0 Å². The second kappa shape index (κ2) is 6.24. The van der Waals surface area contributed by atoms with Crippen LogP contribution < -0.4 is 5.32 Å². The molecule has 1 saturated heterocycles. The summed E-state index contributed by atoms with van der Waals surface area (Å²) in [6.45, 7) is 1.98. The van der Waals surface area contributed by atoms with E-state index in [1.165, 1.54) is 12.8 Å². The average Bonchev–Trinajstić information content (AvgIpc) is 2.62. The predicted molar refractivity (Wildman–Crippen MR) is 66.8 cm³/mol. The first kappa shape index (κ1) is 12.7. The van der Waals surface area contributed by atoms with E-state index in [0.717, 1.165) is 45.2 Å². The monoisotopic (exact) mass is 240 g/mol. The fourth-order valence-electron chi connectivity index (χ4n) is 2.97. The molecule has 17 heavy (non-hydrogen) atoms. The molecule has 0 aromatic heterocycles. The summed E-state index contributed by atoms with van der Waals surface area (Å²) in [5, 5.41) is 12.3. The normalized spacial score (nSPS) is 30.1. The van der Waals surface area contributed by atoms with E-state index in [0.29, 0.717) is 0 Å². The van der Waals surface area contributed by atoms with Crippen molar-refractivity contribution in [1.82, 2.24) is 10.2 Å². The Balaban J connectivity index is 1.82. The van der Waals surface area contributed by atoms with Gasteiger partial charge < -0.3 is 15.3 Å². The van der Waals surface area contributed by atoms with Crippen molar-refractivity contribution in [1.29, 1.82) is 0 Å². The van der Waals surface area contributed by atoms with Gasteiger partial charge in [0.25, 0.3) is 0 Å². The van der Waals surface area contributed by atoms with E-state index in [9.17, 15) is 9.90 Å². The molecule has 0 aromatic carbocycles. The highest BCUT2D eigenvalue weighted by Crippen LogP contribution is 2.25. The third kappa shape index (κ3) is 3.35. The molecule has 4 nitrogen and oxygen atoms in total. The van der Waals surface area contributed by atoms with Crippen LogP contribution in [-0.4, -0.2) is 41.8 Å². The van der Waals surface area contributed by atoms with Gasteiger partial charge in [0, 0.05) is 31.7 Å². The van der Waals surface area contributed by atoms with E-state index >= 15 is 0 Å². The van der Waals surface area contributed by atoms with Gasteiger partial charge in [0.05, 0.1) is 0 Å². The SMILES string of the molecule is O=C(NC1CCCC1CO)N1CCCCCC1. The zero-order valence-corrected chi connectivity index (χ0v) is 10.5. The van der Waals surface area contributed by atoms with E-state index in [2.05, 4.69) is 5.32 Å². The summed E-state index contributed by atoms with van der Waals surface area (Å²) in [5.74, 6) is 0.269. The molecule has 98 valence electrons. The maximum absolute atomic E-state index is 12.1. The molecular weight excluding hydrogens is 216 g/mol. The van der Waals surface area contributed by atoms with Crippen molar-refractivity contribution >= 4 is 6.03 Å². The Morgan fingerprint density at radius 3 is 2.47 bits per heavy atom. The first-order chi connectivity index (χ1) is 8.31. The lowest BCUT2D eigenvalue weighted by Crippen LogP contribution is -2.46. The molecule has 2 amide bonds.